The highest BCUT2D eigenvalue weighted by molar-refractivity contribution is 9.10. The third kappa shape index (κ3) is 2.85. The van der Waals surface area contributed by atoms with Crippen molar-refractivity contribution in [3.8, 4) is 11.5 Å². The second-order valence-electron chi connectivity index (χ2n) is 4.36. The number of rotatable bonds is 4. The van der Waals surface area contributed by atoms with Crippen molar-refractivity contribution in [3.63, 3.8) is 0 Å². The predicted octanol–water partition coefficient (Wildman–Crippen LogP) is 4.01. The van der Waals surface area contributed by atoms with E-state index >= 15 is 0 Å². The van der Waals surface area contributed by atoms with Gasteiger partial charge in [-0.2, -0.15) is 0 Å². The van der Waals surface area contributed by atoms with E-state index in [-0.39, 0.29) is 5.78 Å². The summed E-state index contributed by atoms with van der Waals surface area (Å²) in [5.41, 5.74) is 2.19. The Morgan fingerprint density at radius 2 is 1.50 bits per heavy atom. The van der Waals surface area contributed by atoms with E-state index in [0.717, 1.165) is 15.8 Å². The SMILES string of the molecule is COc1ccc(C(=O)c2ccc(OC)c(Br)c2)cc1C. The summed E-state index contributed by atoms with van der Waals surface area (Å²) >= 11 is 3.39. The zero-order valence-corrected chi connectivity index (χ0v) is 13.2. The molecule has 0 fully saturated rings. The molecule has 20 heavy (non-hydrogen) atoms. The van der Waals surface area contributed by atoms with Crippen LogP contribution in [0.15, 0.2) is 40.9 Å². The highest BCUT2D eigenvalue weighted by Gasteiger charge is 2.12. The second-order valence-corrected chi connectivity index (χ2v) is 5.22. The fourth-order valence-corrected chi connectivity index (χ4v) is 2.53. The van der Waals surface area contributed by atoms with Gasteiger partial charge in [0.1, 0.15) is 11.5 Å². The minimum Gasteiger partial charge on any atom is -0.496 e. The molecule has 0 saturated heterocycles. The van der Waals surface area contributed by atoms with Crippen molar-refractivity contribution in [1.29, 1.82) is 0 Å². The van der Waals surface area contributed by atoms with Crippen LogP contribution in [0.1, 0.15) is 21.5 Å². The van der Waals surface area contributed by atoms with Crippen LogP contribution in [0.4, 0.5) is 0 Å². The van der Waals surface area contributed by atoms with Gasteiger partial charge in [0, 0.05) is 11.1 Å². The summed E-state index contributed by atoms with van der Waals surface area (Å²) < 4.78 is 11.1. The Bertz CT molecular complexity index is 595. The Morgan fingerprint density at radius 3 is 2.00 bits per heavy atom. The van der Waals surface area contributed by atoms with Gasteiger partial charge >= 0.3 is 0 Å². The van der Waals surface area contributed by atoms with Crippen LogP contribution in [0.3, 0.4) is 0 Å². The van der Waals surface area contributed by atoms with E-state index in [1.165, 1.54) is 0 Å². The molecule has 0 bridgehead atoms. The lowest BCUT2D eigenvalue weighted by Crippen LogP contribution is -2.02. The molecule has 2 aromatic rings. The van der Waals surface area contributed by atoms with Crippen LogP contribution in [0.5, 0.6) is 11.5 Å². The van der Waals surface area contributed by atoms with E-state index in [9.17, 15) is 4.79 Å². The number of hydrogen-bond acceptors (Lipinski definition) is 3. The third-order valence-corrected chi connectivity index (χ3v) is 3.69. The monoisotopic (exact) mass is 334 g/mol. The van der Waals surface area contributed by atoms with Crippen LogP contribution in [0.2, 0.25) is 0 Å². The Hall–Kier alpha value is -1.81. The minimum absolute atomic E-state index is 0.0286. The molecule has 0 spiro atoms. The summed E-state index contributed by atoms with van der Waals surface area (Å²) in [6, 6.07) is 10.7. The number of ketones is 1. The third-order valence-electron chi connectivity index (χ3n) is 3.07. The number of carbonyl (C=O) groups is 1. The van der Waals surface area contributed by atoms with Crippen molar-refractivity contribution in [3.05, 3.63) is 57.6 Å². The summed E-state index contributed by atoms with van der Waals surface area (Å²) in [5, 5.41) is 0. The standard InChI is InChI=1S/C16H15BrO3/c1-10-8-11(4-6-14(10)19-2)16(18)12-5-7-15(20-3)13(17)9-12/h4-9H,1-3H3. The van der Waals surface area contributed by atoms with Gasteiger partial charge in [-0.25, -0.2) is 0 Å². The van der Waals surface area contributed by atoms with Crippen LogP contribution in [0, 0.1) is 6.92 Å². The van der Waals surface area contributed by atoms with Gasteiger partial charge in [0.2, 0.25) is 0 Å². The van der Waals surface area contributed by atoms with Gasteiger partial charge in [0.25, 0.3) is 0 Å². The van der Waals surface area contributed by atoms with Crippen LogP contribution in [-0.4, -0.2) is 20.0 Å². The number of carbonyl (C=O) groups excluding carboxylic acids is 1. The number of methoxy groups -OCH3 is 2. The van der Waals surface area contributed by atoms with Crippen molar-refractivity contribution < 1.29 is 14.3 Å². The topological polar surface area (TPSA) is 35.5 Å². The Kier molecular flexibility index (Phi) is 4.45. The molecule has 0 unspecified atom stereocenters. The molecule has 0 aliphatic carbocycles. The molecule has 2 aromatic carbocycles. The molecule has 3 nitrogen and oxygen atoms in total. The van der Waals surface area contributed by atoms with E-state index in [2.05, 4.69) is 15.9 Å². The van der Waals surface area contributed by atoms with Crippen molar-refractivity contribution >= 4 is 21.7 Å². The number of benzene rings is 2. The van der Waals surface area contributed by atoms with E-state index in [1.807, 2.05) is 13.0 Å². The van der Waals surface area contributed by atoms with Gasteiger partial charge in [-0.3, -0.25) is 4.79 Å². The Labute approximate surface area is 126 Å². The first-order valence-electron chi connectivity index (χ1n) is 6.09. The van der Waals surface area contributed by atoms with Gasteiger partial charge < -0.3 is 9.47 Å². The van der Waals surface area contributed by atoms with Crippen molar-refractivity contribution in [1.82, 2.24) is 0 Å². The molecular weight excluding hydrogens is 320 g/mol. The summed E-state index contributed by atoms with van der Waals surface area (Å²) in [6.07, 6.45) is 0. The summed E-state index contributed by atoms with van der Waals surface area (Å²) in [4.78, 5) is 12.4. The summed E-state index contributed by atoms with van der Waals surface area (Å²) in [7, 11) is 3.21. The van der Waals surface area contributed by atoms with E-state index in [4.69, 9.17) is 9.47 Å². The molecule has 0 radical (unpaired) electrons. The molecule has 0 aliphatic rings. The average Bonchev–Trinajstić information content (AvgIpc) is 2.46. The largest absolute Gasteiger partial charge is 0.496 e. The highest BCUT2D eigenvalue weighted by atomic mass is 79.9. The Balaban J connectivity index is 2.36. The van der Waals surface area contributed by atoms with Crippen LogP contribution in [-0.2, 0) is 0 Å². The summed E-state index contributed by atoms with van der Waals surface area (Å²) in [5.74, 6) is 1.45. The zero-order valence-electron chi connectivity index (χ0n) is 11.6. The lowest BCUT2D eigenvalue weighted by atomic mass is 10.0. The van der Waals surface area contributed by atoms with Crippen molar-refractivity contribution in [2.45, 2.75) is 6.92 Å². The molecule has 104 valence electrons. The molecule has 0 aliphatic heterocycles. The lowest BCUT2D eigenvalue weighted by Gasteiger charge is -2.08. The van der Waals surface area contributed by atoms with Gasteiger partial charge in [-0.15, -0.1) is 0 Å². The van der Waals surface area contributed by atoms with Gasteiger partial charge in [-0.05, 0) is 64.8 Å². The molecule has 0 atom stereocenters. The van der Waals surface area contributed by atoms with Crippen molar-refractivity contribution in [2.75, 3.05) is 14.2 Å². The first-order valence-corrected chi connectivity index (χ1v) is 6.89. The molecule has 0 aromatic heterocycles. The van der Waals surface area contributed by atoms with Gasteiger partial charge in [-0.1, -0.05) is 0 Å². The predicted molar refractivity (Wildman–Crippen MR) is 81.9 cm³/mol. The second kappa shape index (κ2) is 6.09. The minimum atomic E-state index is -0.0286. The molecular formula is C16H15BrO3. The number of aryl methyl sites for hydroxylation is 1. The number of hydrogen-bond donors (Lipinski definition) is 0. The number of ether oxygens (including phenoxy) is 2. The fraction of sp³-hybridized carbons (Fsp3) is 0.188. The maximum absolute atomic E-state index is 12.4. The van der Waals surface area contributed by atoms with Crippen LogP contribution < -0.4 is 9.47 Å². The summed E-state index contributed by atoms with van der Waals surface area (Å²) in [6.45, 7) is 1.92. The number of halogens is 1. The molecule has 0 N–H and O–H groups in total. The fourth-order valence-electron chi connectivity index (χ4n) is 1.99. The van der Waals surface area contributed by atoms with Gasteiger partial charge in [0.05, 0.1) is 18.7 Å². The van der Waals surface area contributed by atoms with Crippen LogP contribution in [0.25, 0.3) is 0 Å². The van der Waals surface area contributed by atoms with E-state index < -0.39 is 0 Å². The quantitative estimate of drug-likeness (QED) is 0.792. The average molecular weight is 335 g/mol. The lowest BCUT2D eigenvalue weighted by molar-refractivity contribution is 0.103. The zero-order chi connectivity index (χ0) is 14.7. The first-order chi connectivity index (χ1) is 9.56. The normalized spacial score (nSPS) is 10.2. The molecule has 0 saturated carbocycles. The van der Waals surface area contributed by atoms with Gasteiger partial charge in [0.15, 0.2) is 5.78 Å². The highest BCUT2D eigenvalue weighted by Crippen LogP contribution is 2.27. The first kappa shape index (κ1) is 14.6. The maximum Gasteiger partial charge on any atom is 0.193 e. The molecule has 0 amide bonds. The molecule has 4 heteroatoms. The van der Waals surface area contributed by atoms with Crippen molar-refractivity contribution in [2.24, 2.45) is 0 Å². The molecule has 0 heterocycles. The smallest absolute Gasteiger partial charge is 0.193 e. The Morgan fingerprint density at radius 1 is 0.950 bits per heavy atom. The maximum atomic E-state index is 12.4. The molecule has 2 rings (SSSR count). The van der Waals surface area contributed by atoms with E-state index in [1.54, 1.807) is 44.6 Å². The van der Waals surface area contributed by atoms with Crippen LogP contribution >= 0.6 is 15.9 Å². The van der Waals surface area contributed by atoms with E-state index in [0.29, 0.717) is 16.9 Å².